The van der Waals surface area contributed by atoms with Gasteiger partial charge in [0, 0.05) is 13.2 Å². The van der Waals surface area contributed by atoms with Crippen molar-refractivity contribution in [2.24, 2.45) is 7.05 Å². The van der Waals surface area contributed by atoms with Gasteiger partial charge in [-0.15, -0.1) is 0 Å². The molecule has 7 nitrogen and oxygen atoms in total. The van der Waals surface area contributed by atoms with Crippen molar-refractivity contribution in [1.82, 2.24) is 30.0 Å². The third-order valence-corrected chi connectivity index (χ3v) is 4.90. The molecule has 1 aromatic carbocycles. The highest BCUT2D eigenvalue weighted by Gasteiger charge is 2.23. The van der Waals surface area contributed by atoms with E-state index in [0.29, 0.717) is 33.1 Å². The maximum absolute atomic E-state index is 12.9. The normalized spacial score (nSPS) is 12.3. The number of nitrogens with one attached hydrogen (secondary N) is 1. The van der Waals surface area contributed by atoms with E-state index in [4.69, 9.17) is 11.6 Å². The highest BCUT2D eigenvalue weighted by atomic mass is 35.5. The molecular weight excluding hydrogens is 426 g/mol. The zero-order chi connectivity index (χ0) is 22.1. The van der Waals surface area contributed by atoms with E-state index in [-0.39, 0.29) is 5.69 Å². The van der Waals surface area contributed by atoms with Crippen LogP contribution in [0.5, 0.6) is 0 Å². The van der Waals surface area contributed by atoms with E-state index in [1.165, 1.54) is 13.2 Å². The Kier molecular flexibility index (Phi) is 5.60. The van der Waals surface area contributed by atoms with Crippen molar-refractivity contribution in [1.29, 1.82) is 0 Å². The Bertz CT molecular complexity index is 1260. The fourth-order valence-corrected chi connectivity index (χ4v) is 3.28. The summed E-state index contributed by atoms with van der Waals surface area (Å²) < 4.78 is 27.0. The molecular formula is C21H17ClF2N6O. The number of hydrogen-bond acceptors (Lipinski definition) is 5. The molecule has 3 aromatic heterocycles. The predicted molar refractivity (Wildman–Crippen MR) is 112 cm³/mol. The lowest BCUT2D eigenvalue weighted by Gasteiger charge is -2.17. The summed E-state index contributed by atoms with van der Waals surface area (Å²) >= 11 is 5.96. The number of nitrogens with zero attached hydrogens (tertiary/aromatic N) is 5. The number of hydrogen-bond donors (Lipinski definition) is 1. The molecule has 1 amide bonds. The van der Waals surface area contributed by atoms with Gasteiger partial charge >= 0.3 is 0 Å². The Morgan fingerprint density at radius 3 is 2.45 bits per heavy atom. The summed E-state index contributed by atoms with van der Waals surface area (Å²) in [4.78, 5) is 26.4. The van der Waals surface area contributed by atoms with Gasteiger partial charge < -0.3 is 5.32 Å². The molecule has 0 bridgehead atoms. The lowest BCUT2D eigenvalue weighted by Crippen LogP contribution is -2.29. The van der Waals surface area contributed by atoms with Crippen molar-refractivity contribution in [3.8, 4) is 11.4 Å². The lowest BCUT2D eigenvalue weighted by molar-refractivity contribution is 0.0929. The molecule has 0 aliphatic carbocycles. The number of rotatable bonds is 5. The van der Waals surface area contributed by atoms with Crippen LogP contribution >= 0.6 is 11.6 Å². The standard InChI is InChI=1S/C21H17ClF2N6O/c1-11(26-21(31)17-9-16(20(23)24)29-30(17)2)18-19(15-8-7-12(22)10-25-15)28-14-6-4-3-5-13(14)27-18/h3-11,20H,1-2H3,(H,26,31)/t11-/m0/s1. The molecule has 158 valence electrons. The van der Waals surface area contributed by atoms with E-state index >= 15 is 0 Å². The maximum atomic E-state index is 12.9. The molecule has 0 radical (unpaired) electrons. The molecule has 4 aromatic rings. The van der Waals surface area contributed by atoms with E-state index in [1.54, 1.807) is 19.1 Å². The molecule has 10 heteroatoms. The van der Waals surface area contributed by atoms with Gasteiger partial charge in [-0.25, -0.2) is 18.7 Å². The summed E-state index contributed by atoms with van der Waals surface area (Å²) in [6.45, 7) is 1.74. The van der Waals surface area contributed by atoms with Gasteiger partial charge in [0.2, 0.25) is 0 Å². The molecule has 3 heterocycles. The summed E-state index contributed by atoms with van der Waals surface area (Å²) in [5.74, 6) is -0.556. The summed E-state index contributed by atoms with van der Waals surface area (Å²) in [7, 11) is 1.43. The minimum Gasteiger partial charge on any atom is -0.343 e. The van der Waals surface area contributed by atoms with Gasteiger partial charge in [0.15, 0.2) is 0 Å². The summed E-state index contributed by atoms with van der Waals surface area (Å²) in [5.41, 5.74) is 2.39. The van der Waals surface area contributed by atoms with Crippen LogP contribution in [-0.2, 0) is 7.05 Å². The van der Waals surface area contributed by atoms with Gasteiger partial charge in [-0.2, -0.15) is 5.10 Å². The number of benzene rings is 1. The monoisotopic (exact) mass is 442 g/mol. The number of pyridine rings is 1. The van der Waals surface area contributed by atoms with Crippen molar-refractivity contribution >= 4 is 28.5 Å². The SMILES string of the molecule is C[C@H](NC(=O)c1cc(C(F)F)nn1C)c1nc2ccccc2nc1-c1ccc(Cl)cn1. The van der Waals surface area contributed by atoms with Crippen LogP contribution in [-0.4, -0.2) is 30.6 Å². The second-order valence-corrected chi connectivity index (χ2v) is 7.32. The molecule has 1 N–H and O–H groups in total. The highest BCUT2D eigenvalue weighted by Crippen LogP contribution is 2.27. The Labute approximate surface area is 181 Å². The summed E-state index contributed by atoms with van der Waals surface area (Å²) in [6, 6.07) is 11.2. The molecule has 0 spiro atoms. The van der Waals surface area contributed by atoms with Crippen LogP contribution in [0.25, 0.3) is 22.4 Å². The first kappa shape index (κ1) is 20.8. The summed E-state index contributed by atoms with van der Waals surface area (Å²) in [6.07, 6.45) is -1.26. The average Bonchev–Trinajstić information content (AvgIpc) is 3.15. The number of alkyl halides is 2. The van der Waals surface area contributed by atoms with E-state index in [9.17, 15) is 13.6 Å². The van der Waals surface area contributed by atoms with E-state index < -0.39 is 24.1 Å². The van der Waals surface area contributed by atoms with Crippen LogP contribution in [0.3, 0.4) is 0 Å². The van der Waals surface area contributed by atoms with E-state index in [0.717, 1.165) is 10.7 Å². The Hall–Kier alpha value is -3.46. The molecule has 31 heavy (non-hydrogen) atoms. The van der Waals surface area contributed by atoms with E-state index in [1.807, 2.05) is 24.3 Å². The Morgan fingerprint density at radius 1 is 1.13 bits per heavy atom. The quantitative estimate of drug-likeness (QED) is 0.491. The molecule has 1 atom stereocenters. The zero-order valence-corrected chi connectivity index (χ0v) is 17.3. The first-order valence-corrected chi connectivity index (χ1v) is 9.73. The fraction of sp³-hybridized carbons (Fsp3) is 0.190. The smallest absolute Gasteiger partial charge is 0.282 e. The first-order chi connectivity index (χ1) is 14.8. The number of aromatic nitrogens is 5. The molecule has 0 fully saturated rings. The number of carbonyl (C=O) groups excluding carboxylic acids is 1. The fourth-order valence-electron chi connectivity index (χ4n) is 3.17. The third kappa shape index (κ3) is 4.22. The zero-order valence-electron chi connectivity index (χ0n) is 16.6. The number of amides is 1. The first-order valence-electron chi connectivity index (χ1n) is 9.35. The van der Waals surface area contributed by atoms with Gasteiger partial charge in [-0.1, -0.05) is 23.7 Å². The van der Waals surface area contributed by atoms with Crippen LogP contribution < -0.4 is 5.32 Å². The Balaban J connectivity index is 1.72. The van der Waals surface area contributed by atoms with Crippen LogP contribution in [0.1, 0.15) is 41.3 Å². The second kappa shape index (κ2) is 8.35. The van der Waals surface area contributed by atoms with Crippen LogP contribution in [0.15, 0.2) is 48.7 Å². The highest BCUT2D eigenvalue weighted by molar-refractivity contribution is 6.30. The molecule has 4 rings (SSSR count). The average molecular weight is 443 g/mol. The Morgan fingerprint density at radius 2 is 1.84 bits per heavy atom. The van der Waals surface area contributed by atoms with Crippen molar-refractivity contribution in [2.45, 2.75) is 19.4 Å². The van der Waals surface area contributed by atoms with Gasteiger partial charge in [-0.3, -0.25) is 14.5 Å². The number of halogens is 3. The second-order valence-electron chi connectivity index (χ2n) is 6.88. The van der Waals surface area contributed by atoms with Crippen molar-refractivity contribution in [2.75, 3.05) is 0 Å². The van der Waals surface area contributed by atoms with Gasteiger partial charge in [0.25, 0.3) is 12.3 Å². The lowest BCUT2D eigenvalue weighted by atomic mass is 10.1. The van der Waals surface area contributed by atoms with Crippen molar-refractivity contribution < 1.29 is 13.6 Å². The topological polar surface area (TPSA) is 85.6 Å². The predicted octanol–water partition coefficient (Wildman–Crippen LogP) is 4.51. The van der Waals surface area contributed by atoms with Gasteiger partial charge in [-0.05, 0) is 37.3 Å². The minimum absolute atomic E-state index is 0.0158. The molecule has 0 aliphatic heterocycles. The number of fused-ring (bicyclic) bond motifs is 1. The van der Waals surface area contributed by atoms with Crippen molar-refractivity contribution in [3.63, 3.8) is 0 Å². The molecule has 0 unspecified atom stereocenters. The van der Waals surface area contributed by atoms with Crippen LogP contribution in [0.2, 0.25) is 5.02 Å². The summed E-state index contributed by atoms with van der Waals surface area (Å²) in [5, 5.41) is 6.95. The van der Waals surface area contributed by atoms with Crippen molar-refractivity contribution in [3.05, 3.63) is 70.8 Å². The molecule has 0 saturated carbocycles. The number of carbonyl (C=O) groups is 1. The van der Waals surface area contributed by atoms with Gasteiger partial charge in [0.1, 0.15) is 17.1 Å². The van der Waals surface area contributed by atoms with Crippen LogP contribution in [0, 0.1) is 0 Å². The third-order valence-electron chi connectivity index (χ3n) is 4.68. The number of para-hydroxylation sites is 2. The van der Waals surface area contributed by atoms with Crippen LogP contribution in [0.4, 0.5) is 8.78 Å². The van der Waals surface area contributed by atoms with E-state index in [2.05, 4.69) is 25.4 Å². The minimum atomic E-state index is -2.76. The molecule has 0 aliphatic rings. The largest absolute Gasteiger partial charge is 0.343 e. The molecule has 0 saturated heterocycles. The number of aryl methyl sites for hydroxylation is 1. The van der Waals surface area contributed by atoms with Gasteiger partial charge in [0.05, 0.1) is 33.5 Å². The maximum Gasteiger partial charge on any atom is 0.282 e.